The van der Waals surface area contributed by atoms with E-state index >= 15 is 0 Å². The van der Waals surface area contributed by atoms with E-state index in [2.05, 4.69) is 169 Å². The van der Waals surface area contributed by atoms with Crippen LogP contribution in [0.5, 0.6) is 0 Å². The van der Waals surface area contributed by atoms with Crippen molar-refractivity contribution in [1.82, 2.24) is 0 Å². The van der Waals surface area contributed by atoms with Crippen molar-refractivity contribution in [3.8, 4) is 11.1 Å². The largest absolute Gasteiger partial charge is 0.456 e. The van der Waals surface area contributed by atoms with E-state index in [1.54, 1.807) is 0 Å². The molecule has 0 N–H and O–H groups in total. The molecule has 0 spiro atoms. The summed E-state index contributed by atoms with van der Waals surface area (Å²) < 4.78 is 6.29. The van der Waals surface area contributed by atoms with Crippen molar-refractivity contribution in [2.24, 2.45) is 0 Å². The van der Waals surface area contributed by atoms with Crippen molar-refractivity contribution in [3.63, 3.8) is 0 Å². The van der Waals surface area contributed by atoms with Gasteiger partial charge in [-0.05, 0) is 97.4 Å². The van der Waals surface area contributed by atoms with E-state index in [9.17, 15) is 0 Å². The average molecular weight is 612 g/mol. The van der Waals surface area contributed by atoms with Crippen LogP contribution in [0.2, 0.25) is 0 Å². The minimum Gasteiger partial charge on any atom is -0.456 e. The third-order valence-corrected chi connectivity index (χ3v) is 9.82. The molecule has 0 atom stereocenters. The maximum atomic E-state index is 6.29. The Bertz CT molecular complexity index is 2830. The van der Waals surface area contributed by atoms with E-state index in [0.29, 0.717) is 0 Å². The molecule has 10 rings (SSSR count). The molecule has 48 heavy (non-hydrogen) atoms. The second-order valence-electron chi connectivity index (χ2n) is 12.5. The van der Waals surface area contributed by atoms with Gasteiger partial charge >= 0.3 is 0 Å². The van der Waals surface area contributed by atoms with E-state index in [4.69, 9.17) is 4.42 Å². The first-order valence-electron chi connectivity index (χ1n) is 16.4. The minimum atomic E-state index is 0.907. The Morgan fingerprint density at radius 2 is 0.979 bits per heavy atom. The highest BCUT2D eigenvalue weighted by molar-refractivity contribution is 6.22. The maximum absolute atomic E-state index is 6.29. The Kier molecular flexibility index (Phi) is 5.91. The zero-order valence-electron chi connectivity index (χ0n) is 26.1. The predicted molar refractivity (Wildman–Crippen MR) is 204 cm³/mol. The Labute approximate surface area is 277 Å². The lowest BCUT2D eigenvalue weighted by molar-refractivity contribution is 0.669. The van der Waals surface area contributed by atoms with Crippen LogP contribution in [0.3, 0.4) is 0 Å². The van der Waals surface area contributed by atoms with Gasteiger partial charge in [0.25, 0.3) is 0 Å². The van der Waals surface area contributed by atoms with E-state index in [1.165, 1.54) is 54.2 Å². The minimum absolute atomic E-state index is 0.907. The number of nitrogens with zero attached hydrogens (tertiary/aromatic N) is 1. The molecule has 224 valence electrons. The third kappa shape index (κ3) is 4.13. The fraction of sp³-hybridized carbons (Fsp3) is 0. The fourth-order valence-electron chi connectivity index (χ4n) is 7.58. The predicted octanol–water partition coefficient (Wildman–Crippen LogP) is 13.3. The van der Waals surface area contributed by atoms with Gasteiger partial charge in [0.2, 0.25) is 0 Å². The van der Waals surface area contributed by atoms with Gasteiger partial charge < -0.3 is 9.32 Å². The zero-order chi connectivity index (χ0) is 31.6. The van der Waals surface area contributed by atoms with Crippen LogP contribution in [-0.2, 0) is 0 Å². The van der Waals surface area contributed by atoms with Gasteiger partial charge in [-0.2, -0.15) is 0 Å². The molecule has 0 aliphatic heterocycles. The summed E-state index contributed by atoms with van der Waals surface area (Å²) in [5.74, 6) is 0. The van der Waals surface area contributed by atoms with Crippen LogP contribution >= 0.6 is 0 Å². The Morgan fingerprint density at radius 3 is 1.85 bits per heavy atom. The summed E-state index contributed by atoms with van der Waals surface area (Å²) in [6.45, 7) is 0. The Hall–Kier alpha value is -6.38. The number of hydrogen-bond donors (Lipinski definition) is 0. The summed E-state index contributed by atoms with van der Waals surface area (Å²) in [5, 5.41) is 12.2. The molecule has 0 aliphatic carbocycles. The molecule has 0 saturated carbocycles. The molecule has 2 heteroatoms. The van der Waals surface area contributed by atoms with E-state index in [1.807, 2.05) is 12.1 Å². The summed E-state index contributed by atoms with van der Waals surface area (Å²) in [5.41, 5.74) is 7.56. The van der Waals surface area contributed by atoms with Crippen LogP contribution in [-0.4, -0.2) is 0 Å². The van der Waals surface area contributed by atoms with Crippen molar-refractivity contribution in [2.75, 3.05) is 4.90 Å². The highest BCUT2D eigenvalue weighted by atomic mass is 16.3. The van der Waals surface area contributed by atoms with Crippen molar-refractivity contribution < 1.29 is 4.42 Å². The van der Waals surface area contributed by atoms with Gasteiger partial charge in [-0.1, -0.05) is 127 Å². The summed E-state index contributed by atoms with van der Waals surface area (Å²) in [6.07, 6.45) is 0. The lowest BCUT2D eigenvalue weighted by atomic mass is 9.96. The first-order valence-corrected chi connectivity index (χ1v) is 16.4. The molecule has 10 aromatic rings. The molecule has 0 saturated heterocycles. The first kappa shape index (κ1) is 26.8. The van der Waals surface area contributed by atoms with Crippen LogP contribution in [0.25, 0.3) is 76.2 Å². The van der Waals surface area contributed by atoms with Crippen molar-refractivity contribution in [2.45, 2.75) is 0 Å². The van der Waals surface area contributed by atoms with Crippen molar-refractivity contribution in [3.05, 3.63) is 176 Å². The smallest absolute Gasteiger partial charge is 0.136 e. The second-order valence-corrected chi connectivity index (χ2v) is 12.5. The van der Waals surface area contributed by atoms with Crippen molar-refractivity contribution in [1.29, 1.82) is 0 Å². The number of fused-ring (bicyclic) bond motifs is 10. The number of benzene rings is 9. The van der Waals surface area contributed by atoms with Crippen LogP contribution in [0, 0.1) is 0 Å². The number of hydrogen-bond acceptors (Lipinski definition) is 2. The van der Waals surface area contributed by atoms with Gasteiger partial charge in [0, 0.05) is 27.5 Å². The summed E-state index contributed by atoms with van der Waals surface area (Å²) in [4.78, 5) is 2.40. The molecule has 0 unspecified atom stereocenters. The maximum Gasteiger partial charge on any atom is 0.136 e. The number of furan rings is 1. The molecule has 1 heterocycles. The normalized spacial score (nSPS) is 11.8. The molecule has 0 radical (unpaired) electrons. The van der Waals surface area contributed by atoms with E-state index in [0.717, 1.165) is 39.0 Å². The van der Waals surface area contributed by atoms with Gasteiger partial charge in [-0.15, -0.1) is 0 Å². The topological polar surface area (TPSA) is 16.4 Å². The Morgan fingerprint density at radius 1 is 0.333 bits per heavy atom. The van der Waals surface area contributed by atoms with Gasteiger partial charge in [-0.3, -0.25) is 0 Å². The molecule has 2 nitrogen and oxygen atoms in total. The number of para-hydroxylation sites is 1. The molecule has 1 aromatic heterocycles. The molecule has 9 aromatic carbocycles. The van der Waals surface area contributed by atoms with E-state index < -0.39 is 0 Å². The standard InChI is InChI=1S/C46H29NO/c1-2-9-30(10-3-1)31-21-23-35(24-22-31)47(42-15-8-14-40-39(42)27-28-44-46(40)41-13-6-7-16-43(41)48-44)36-25-26-38-34(29-36)20-19-33-18-17-32-11-4-5-12-37(32)45(33)38/h1-29H. The number of rotatable bonds is 4. The molecule has 0 bridgehead atoms. The van der Waals surface area contributed by atoms with Gasteiger partial charge in [0.1, 0.15) is 11.2 Å². The fourth-order valence-corrected chi connectivity index (χ4v) is 7.58. The summed E-state index contributed by atoms with van der Waals surface area (Å²) in [7, 11) is 0. The number of anilines is 3. The molecular formula is C46H29NO. The monoisotopic (exact) mass is 611 g/mol. The Balaban J connectivity index is 1.22. The highest BCUT2D eigenvalue weighted by Gasteiger charge is 2.19. The lowest BCUT2D eigenvalue weighted by Gasteiger charge is -2.27. The molecule has 0 amide bonds. The SMILES string of the molecule is c1ccc(-c2ccc(N(c3ccc4c(ccc5ccc6ccccc6c54)c3)c3cccc4c3ccc3oc5ccccc5c34)cc2)cc1. The van der Waals surface area contributed by atoms with Crippen molar-refractivity contribution >= 4 is 82.1 Å². The average Bonchev–Trinajstić information content (AvgIpc) is 3.55. The van der Waals surface area contributed by atoms with E-state index in [-0.39, 0.29) is 0 Å². The lowest BCUT2D eigenvalue weighted by Crippen LogP contribution is -2.10. The zero-order valence-corrected chi connectivity index (χ0v) is 26.1. The van der Waals surface area contributed by atoms with Crippen LogP contribution in [0.1, 0.15) is 0 Å². The molecular weight excluding hydrogens is 583 g/mol. The third-order valence-electron chi connectivity index (χ3n) is 9.82. The summed E-state index contributed by atoms with van der Waals surface area (Å²) >= 11 is 0. The molecule has 0 fully saturated rings. The van der Waals surface area contributed by atoms with Gasteiger partial charge in [0.05, 0.1) is 5.69 Å². The first-order chi connectivity index (χ1) is 23.8. The highest BCUT2D eigenvalue weighted by Crippen LogP contribution is 2.44. The summed E-state index contributed by atoms with van der Waals surface area (Å²) in [6, 6.07) is 63.4. The van der Waals surface area contributed by atoms with Crippen LogP contribution in [0.4, 0.5) is 17.1 Å². The molecule has 0 aliphatic rings. The van der Waals surface area contributed by atoms with Crippen LogP contribution < -0.4 is 4.90 Å². The van der Waals surface area contributed by atoms with Crippen LogP contribution in [0.15, 0.2) is 180 Å². The van der Waals surface area contributed by atoms with Gasteiger partial charge in [-0.25, -0.2) is 0 Å². The quantitative estimate of drug-likeness (QED) is 0.184. The van der Waals surface area contributed by atoms with Gasteiger partial charge in [0.15, 0.2) is 0 Å². The second kappa shape index (κ2) is 10.6.